The molecule has 0 radical (unpaired) electrons. The second-order valence-corrected chi connectivity index (χ2v) is 7.21. The summed E-state index contributed by atoms with van der Waals surface area (Å²) in [7, 11) is 1.65. The molecule has 0 saturated carbocycles. The van der Waals surface area contributed by atoms with Gasteiger partial charge in [0.05, 0.1) is 7.11 Å². The Morgan fingerprint density at radius 2 is 1.96 bits per heavy atom. The van der Waals surface area contributed by atoms with Crippen molar-refractivity contribution in [3.63, 3.8) is 0 Å². The van der Waals surface area contributed by atoms with Crippen molar-refractivity contribution < 1.29 is 9.53 Å². The summed E-state index contributed by atoms with van der Waals surface area (Å²) in [5, 5.41) is 3.17. The van der Waals surface area contributed by atoms with E-state index in [2.05, 4.69) is 19.2 Å². The second kappa shape index (κ2) is 8.91. The van der Waals surface area contributed by atoms with Crippen molar-refractivity contribution in [3.05, 3.63) is 48.2 Å². The molecule has 0 aliphatic rings. The topological polar surface area (TPSA) is 55.6 Å². The van der Waals surface area contributed by atoms with Gasteiger partial charge >= 0.3 is 0 Å². The SMILES string of the molecule is CCCC[C@@H](CC)C(=O)Nc1c(-c2ccc(OC)cc2)nc2cc(C)ccn12. The van der Waals surface area contributed by atoms with Gasteiger partial charge in [0.2, 0.25) is 5.91 Å². The molecule has 1 aromatic carbocycles. The number of unbranched alkanes of at least 4 members (excludes halogenated alkanes) is 1. The highest BCUT2D eigenvalue weighted by Crippen LogP contribution is 2.31. The number of methoxy groups -OCH3 is 1. The first-order valence-electron chi connectivity index (χ1n) is 10.0. The molecule has 0 saturated heterocycles. The van der Waals surface area contributed by atoms with Crippen molar-refractivity contribution in [1.82, 2.24) is 9.38 Å². The molecule has 0 spiro atoms. The molecule has 3 rings (SSSR count). The van der Waals surface area contributed by atoms with Crippen LogP contribution in [0.25, 0.3) is 16.9 Å². The summed E-state index contributed by atoms with van der Waals surface area (Å²) < 4.78 is 7.22. The van der Waals surface area contributed by atoms with Crippen LogP contribution >= 0.6 is 0 Å². The molecule has 0 bridgehead atoms. The van der Waals surface area contributed by atoms with E-state index < -0.39 is 0 Å². The zero-order valence-corrected chi connectivity index (χ0v) is 17.2. The number of ether oxygens (including phenoxy) is 1. The van der Waals surface area contributed by atoms with Gasteiger partial charge in [0.1, 0.15) is 22.9 Å². The normalized spacial score (nSPS) is 12.1. The number of anilines is 1. The highest BCUT2D eigenvalue weighted by Gasteiger charge is 2.21. The third kappa shape index (κ3) is 4.19. The average Bonchev–Trinajstić information content (AvgIpc) is 3.06. The molecule has 5 nitrogen and oxygen atoms in total. The Labute approximate surface area is 166 Å². The van der Waals surface area contributed by atoms with Crippen molar-refractivity contribution in [2.75, 3.05) is 12.4 Å². The van der Waals surface area contributed by atoms with Crippen LogP contribution in [0.15, 0.2) is 42.6 Å². The van der Waals surface area contributed by atoms with E-state index in [9.17, 15) is 4.79 Å². The number of benzene rings is 1. The molecule has 1 N–H and O–H groups in total. The summed E-state index contributed by atoms with van der Waals surface area (Å²) in [6.45, 7) is 6.26. The fraction of sp³-hybridized carbons (Fsp3) is 0.391. The van der Waals surface area contributed by atoms with Gasteiger partial charge in [-0.2, -0.15) is 0 Å². The minimum absolute atomic E-state index is 0.0136. The lowest BCUT2D eigenvalue weighted by Gasteiger charge is -2.15. The summed E-state index contributed by atoms with van der Waals surface area (Å²) >= 11 is 0. The molecule has 2 aromatic heterocycles. The Balaban J connectivity index is 2.02. The van der Waals surface area contributed by atoms with E-state index in [0.29, 0.717) is 0 Å². The van der Waals surface area contributed by atoms with Gasteiger partial charge in [-0.3, -0.25) is 9.20 Å². The van der Waals surface area contributed by atoms with E-state index in [4.69, 9.17) is 9.72 Å². The van der Waals surface area contributed by atoms with Crippen LogP contribution in [0.4, 0.5) is 5.82 Å². The van der Waals surface area contributed by atoms with E-state index in [1.54, 1.807) is 7.11 Å². The van der Waals surface area contributed by atoms with Crippen LogP contribution in [-0.2, 0) is 4.79 Å². The Bertz CT molecular complexity index is 944. The summed E-state index contributed by atoms with van der Waals surface area (Å²) in [4.78, 5) is 17.8. The van der Waals surface area contributed by atoms with Crippen molar-refractivity contribution >= 4 is 17.4 Å². The maximum absolute atomic E-state index is 13.0. The largest absolute Gasteiger partial charge is 0.497 e. The van der Waals surface area contributed by atoms with Crippen molar-refractivity contribution in [3.8, 4) is 17.0 Å². The summed E-state index contributed by atoms with van der Waals surface area (Å²) in [6.07, 6.45) is 5.86. The Hall–Kier alpha value is -2.82. The predicted octanol–water partition coefficient (Wildman–Crippen LogP) is 5.47. The third-order valence-corrected chi connectivity index (χ3v) is 5.16. The van der Waals surface area contributed by atoms with Gasteiger partial charge in [-0.25, -0.2) is 4.98 Å². The van der Waals surface area contributed by atoms with E-state index in [-0.39, 0.29) is 11.8 Å². The Morgan fingerprint density at radius 1 is 1.21 bits per heavy atom. The van der Waals surface area contributed by atoms with Crippen molar-refractivity contribution in [2.45, 2.75) is 46.5 Å². The number of hydrogen-bond donors (Lipinski definition) is 1. The second-order valence-electron chi connectivity index (χ2n) is 7.21. The summed E-state index contributed by atoms with van der Waals surface area (Å²) in [5.74, 6) is 1.59. The van der Waals surface area contributed by atoms with Gasteiger partial charge in [-0.15, -0.1) is 0 Å². The standard InChI is InChI=1S/C23H29N3O2/c1-5-7-8-17(6-2)23(27)25-22-21(18-9-11-19(28-4)12-10-18)24-20-15-16(3)13-14-26(20)22/h9-15,17H,5-8H2,1-4H3,(H,25,27)/t17-/m1/s1. The molecule has 0 unspecified atom stereocenters. The van der Waals surface area contributed by atoms with Crippen LogP contribution < -0.4 is 10.1 Å². The fourth-order valence-corrected chi connectivity index (χ4v) is 3.41. The smallest absolute Gasteiger partial charge is 0.228 e. The van der Waals surface area contributed by atoms with Crippen LogP contribution in [0.2, 0.25) is 0 Å². The van der Waals surface area contributed by atoms with E-state index in [1.807, 2.05) is 53.9 Å². The first-order valence-corrected chi connectivity index (χ1v) is 10.0. The molecule has 148 valence electrons. The molecule has 0 aliphatic carbocycles. The molecule has 1 amide bonds. The predicted molar refractivity (Wildman–Crippen MR) is 114 cm³/mol. The van der Waals surface area contributed by atoms with Crippen LogP contribution in [0.1, 0.15) is 45.1 Å². The van der Waals surface area contributed by atoms with Crippen molar-refractivity contribution in [1.29, 1.82) is 0 Å². The zero-order valence-electron chi connectivity index (χ0n) is 17.2. The molecular formula is C23H29N3O2. The zero-order chi connectivity index (χ0) is 20.1. The number of hydrogen-bond acceptors (Lipinski definition) is 3. The first kappa shape index (κ1) is 19.9. The Morgan fingerprint density at radius 3 is 2.61 bits per heavy atom. The number of aryl methyl sites for hydroxylation is 1. The number of pyridine rings is 1. The van der Waals surface area contributed by atoms with Crippen LogP contribution in [0.5, 0.6) is 5.75 Å². The maximum atomic E-state index is 13.0. The fourth-order valence-electron chi connectivity index (χ4n) is 3.41. The molecule has 1 atom stereocenters. The monoisotopic (exact) mass is 379 g/mol. The number of aromatic nitrogens is 2. The van der Waals surface area contributed by atoms with Crippen LogP contribution in [-0.4, -0.2) is 22.4 Å². The van der Waals surface area contributed by atoms with E-state index >= 15 is 0 Å². The van der Waals surface area contributed by atoms with Gasteiger partial charge in [-0.1, -0.05) is 26.7 Å². The molecule has 28 heavy (non-hydrogen) atoms. The minimum Gasteiger partial charge on any atom is -0.497 e. The van der Waals surface area contributed by atoms with Crippen molar-refractivity contribution in [2.24, 2.45) is 5.92 Å². The Kier molecular flexibility index (Phi) is 6.34. The highest BCUT2D eigenvalue weighted by molar-refractivity contribution is 5.96. The highest BCUT2D eigenvalue weighted by atomic mass is 16.5. The van der Waals surface area contributed by atoms with Gasteiger partial charge < -0.3 is 10.1 Å². The summed E-state index contributed by atoms with van der Waals surface area (Å²) in [6, 6.07) is 11.8. The molecule has 0 aliphatic heterocycles. The molecule has 0 fully saturated rings. The van der Waals surface area contributed by atoms with Crippen LogP contribution in [0, 0.1) is 12.8 Å². The van der Waals surface area contributed by atoms with E-state index in [0.717, 1.165) is 59.7 Å². The minimum atomic E-state index is 0.0136. The average molecular weight is 380 g/mol. The number of nitrogens with zero attached hydrogens (tertiary/aromatic N) is 2. The lowest BCUT2D eigenvalue weighted by atomic mass is 9.98. The number of carbonyl (C=O) groups excluding carboxylic acids is 1. The number of fused-ring (bicyclic) bond motifs is 1. The maximum Gasteiger partial charge on any atom is 0.228 e. The van der Waals surface area contributed by atoms with Gasteiger partial charge in [0.25, 0.3) is 0 Å². The summed E-state index contributed by atoms with van der Waals surface area (Å²) in [5.41, 5.74) is 3.67. The molecular weight excluding hydrogens is 350 g/mol. The van der Waals surface area contributed by atoms with E-state index in [1.165, 1.54) is 0 Å². The lowest BCUT2D eigenvalue weighted by molar-refractivity contribution is -0.120. The van der Waals surface area contributed by atoms with Gasteiger partial charge in [0.15, 0.2) is 0 Å². The lowest BCUT2D eigenvalue weighted by Crippen LogP contribution is -2.23. The quantitative estimate of drug-likeness (QED) is 0.564. The number of imidazole rings is 1. The van der Waals surface area contributed by atoms with Crippen LogP contribution in [0.3, 0.4) is 0 Å². The number of carbonyl (C=O) groups is 1. The number of nitrogens with one attached hydrogen (secondary N) is 1. The first-order chi connectivity index (χ1) is 13.6. The molecule has 5 heteroatoms. The van der Waals surface area contributed by atoms with Gasteiger partial charge in [0, 0.05) is 17.7 Å². The third-order valence-electron chi connectivity index (χ3n) is 5.16. The number of amides is 1. The molecule has 2 heterocycles. The number of rotatable bonds is 8. The molecule has 3 aromatic rings. The van der Waals surface area contributed by atoms with Gasteiger partial charge in [-0.05, 0) is 61.7 Å².